The van der Waals surface area contributed by atoms with E-state index in [4.69, 9.17) is 17.0 Å². The number of ether oxygens (including phenoxy) is 1. The van der Waals surface area contributed by atoms with Crippen LogP contribution in [0.25, 0.3) is 0 Å². The van der Waals surface area contributed by atoms with Gasteiger partial charge in [-0.3, -0.25) is 15.1 Å². The topological polar surface area (TPSA) is 76.1 Å². The number of carbonyl (C=O) groups excluding carboxylic acids is 1. The van der Waals surface area contributed by atoms with Gasteiger partial charge in [-0.1, -0.05) is 30.3 Å². The van der Waals surface area contributed by atoms with E-state index >= 15 is 0 Å². The Labute approximate surface area is 120 Å². The molecule has 20 heavy (non-hydrogen) atoms. The SMILES string of the molecule is Cn1c(NC(=O)OCc2ccccc2)cc(=O)[nH]c1=S. The molecule has 0 aliphatic heterocycles. The van der Waals surface area contributed by atoms with Crippen molar-refractivity contribution in [3.05, 3.63) is 57.1 Å². The standard InChI is InChI=1S/C13H13N3O3S/c1-16-10(7-11(17)15-12(16)20)14-13(18)19-8-9-5-3-2-4-6-9/h2-7H,8H2,1H3,(H,14,18)(H,15,17,20). The summed E-state index contributed by atoms with van der Waals surface area (Å²) in [6.07, 6.45) is -0.649. The van der Waals surface area contributed by atoms with Gasteiger partial charge >= 0.3 is 6.09 Å². The molecule has 0 bridgehead atoms. The van der Waals surface area contributed by atoms with Crippen LogP contribution in [0.5, 0.6) is 0 Å². The molecule has 0 saturated carbocycles. The van der Waals surface area contributed by atoms with Crippen molar-refractivity contribution in [1.29, 1.82) is 0 Å². The highest BCUT2D eigenvalue weighted by atomic mass is 32.1. The molecule has 7 heteroatoms. The summed E-state index contributed by atoms with van der Waals surface area (Å²) in [6.45, 7) is 0.153. The average Bonchev–Trinajstić information content (AvgIpc) is 2.43. The van der Waals surface area contributed by atoms with Gasteiger partial charge in [-0.2, -0.15) is 0 Å². The Hall–Kier alpha value is -2.41. The van der Waals surface area contributed by atoms with Crippen molar-refractivity contribution in [2.24, 2.45) is 7.05 Å². The van der Waals surface area contributed by atoms with Gasteiger partial charge < -0.3 is 9.30 Å². The fraction of sp³-hybridized carbons (Fsp3) is 0.154. The smallest absolute Gasteiger partial charge is 0.413 e. The minimum Gasteiger partial charge on any atom is -0.444 e. The van der Waals surface area contributed by atoms with Crippen LogP contribution < -0.4 is 10.9 Å². The van der Waals surface area contributed by atoms with Crippen LogP contribution in [0.2, 0.25) is 0 Å². The quantitative estimate of drug-likeness (QED) is 0.850. The van der Waals surface area contributed by atoms with Gasteiger partial charge in [0, 0.05) is 13.1 Å². The third kappa shape index (κ3) is 3.55. The first-order valence-corrected chi connectivity index (χ1v) is 6.25. The van der Waals surface area contributed by atoms with E-state index in [0.29, 0.717) is 0 Å². The van der Waals surface area contributed by atoms with Crippen molar-refractivity contribution in [1.82, 2.24) is 9.55 Å². The number of aromatic amines is 1. The number of hydrogen-bond acceptors (Lipinski definition) is 4. The van der Waals surface area contributed by atoms with Gasteiger partial charge in [0.25, 0.3) is 5.56 Å². The van der Waals surface area contributed by atoms with Crippen LogP contribution in [0, 0.1) is 4.77 Å². The summed E-state index contributed by atoms with van der Waals surface area (Å²) >= 11 is 4.94. The number of H-pyrrole nitrogens is 1. The molecule has 1 aromatic heterocycles. The van der Waals surface area contributed by atoms with Crippen molar-refractivity contribution in [3.8, 4) is 0 Å². The van der Waals surface area contributed by atoms with E-state index in [2.05, 4.69) is 10.3 Å². The van der Waals surface area contributed by atoms with Crippen LogP contribution in [0.3, 0.4) is 0 Å². The lowest BCUT2D eigenvalue weighted by Crippen LogP contribution is -2.20. The molecule has 2 aromatic rings. The number of benzene rings is 1. The maximum atomic E-state index is 11.7. The zero-order chi connectivity index (χ0) is 14.5. The second-order valence-electron chi connectivity index (χ2n) is 4.07. The molecule has 0 aliphatic rings. The monoisotopic (exact) mass is 291 g/mol. The lowest BCUT2D eigenvalue weighted by molar-refractivity contribution is 0.155. The summed E-state index contributed by atoms with van der Waals surface area (Å²) in [5.74, 6) is 0.275. The minimum absolute atomic E-state index is 0.153. The second kappa shape index (κ2) is 6.16. The maximum absolute atomic E-state index is 11.7. The number of hydrogen-bond donors (Lipinski definition) is 2. The van der Waals surface area contributed by atoms with Gasteiger partial charge in [0.05, 0.1) is 0 Å². The zero-order valence-electron chi connectivity index (χ0n) is 10.8. The van der Waals surface area contributed by atoms with Crippen LogP contribution in [0.15, 0.2) is 41.2 Å². The lowest BCUT2D eigenvalue weighted by Gasteiger charge is -2.10. The number of anilines is 1. The number of nitrogens with one attached hydrogen (secondary N) is 2. The summed E-state index contributed by atoms with van der Waals surface area (Å²) in [4.78, 5) is 25.4. The number of nitrogens with zero attached hydrogens (tertiary/aromatic N) is 1. The number of carbonyl (C=O) groups is 1. The molecule has 0 atom stereocenters. The molecule has 104 valence electrons. The number of rotatable bonds is 3. The van der Waals surface area contributed by atoms with Crippen LogP contribution in [0.1, 0.15) is 5.56 Å². The molecule has 2 N–H and O–H groups in total. The van der Waals surface area contributed by atoms with E-state index in [-0.39, 0.29) is 22.8 Å². The van der Waals surface area contributed by atoms with Crippen LogP contribution >= 0.6 is 12.2 Å². The Morgan fingerprint density at radius 2 is 2.10 bits per heavy atom. The minimum atomic E-state index is -0.649. The van der Waals surface area contributed by atoms with Crippen LogP contribution in [-0.2, 0) is 18.4 Å². The summed E-state index contributed by atoms with van der Waals surface area (Å²) in [7, 11) is 1.63. The molecular weight excluding hydrogens is 278 g/mol. The highest BCUT2D eigenvalue weighted by Gasteiger charge is 2.07. The van der Waals surface area contributed by atoms with Crippen LogP contribution in [-0.4, -0.2) is 15.6 Å². The van der Waals surface area contributed by atoms with Crippen molar-refractivity contribution in [3.63, 3.8) is 0 Å². The van der Waals surface area contributed by atoms with Gasteiger partial charge in [0.2, 0.25) is 0 Å². The number of amides is 1. The van der Waals surface area contributed by atoms with E-state index in [9.17, 15) is 9.59 Å². The fourth-order valence-corrected chi connectivity index (χ4v) is 1.74. The first kappa shape index (κ1) is 14.0. The normalized spacial score (nSPS) is 10.1. The molecule has 1 heterocycles. The van der Waals surface area contributed by atoms with Gasteiger partial charge in [0.1, 0.15) is 12.4 Å². The molecule has 0 aliphatic carbocycles. The van der Waals surface area contributed by atoms with E-state index in [1.54, 1.807) is 7.05 Å². The molecule has 0 radical (unpaired) electrons. The van der Waals surface area contributed by atoms with Crippen molar-refractivity contribution in [2.75, 3.05) is 5.32 Å². The Morgan fingerprint density at radius 1 is 1.40 bits per heavy atom. The molecule has 1 amide bonds. The molecule has 0 unspecified atom stereocenters. The lowest BCUT2D eigenvalue weighted by atomic mass is 10.2. The van der Waals surface area contributed by atoms with E-state index in [1.807, 2.05) is 30.3 Å². The first-order chi connectivity index (χ1) is 9.56. The van der Waals surface area contributed by atoms with Gasteiger partial charge in [0.15, 0.2) is 4.77 Å². The maximum Gasteiger partial charge on any atom is 0.413 e. The fourth-order valence-electron chi connectivity index (χ4n) is 1.54. The Morgan fingerprint density at radius 3 is 2.80 bits per heavy atom. The molecule has 0 saturated heterocycles. The van der Waals surface area contributed by atoms with Gasteiger partial charge in [-0.05, 0) is 17.8 Å². The molecule has 0 fully saturated rings. The predicted molar refractivity (Wildman–Crippen MR) is 77.1 cm³/mol. The third-order valence-corrected chi connectivity index (χ3v) is 2.98. The van der Waals surface area contributed by atoms with E-state index in [0.717, 1.165) is 5.56 Å². The molecule has 0 spiro atoms. The summed E-state index contributed by atoms with van der Waals surface area (Å²) in [5.41, 5.74) is 0.494. The summed E-state index contributed by atoms with van der Waals surface area (Å²) in [6, 6.07) is 10.5. The van der Waals surface area contributed by atoms with Gasteiger partial charge in [-0.25, -0.2) is 4.79 Å². The predicted octanol–water partition coefficient (Wildman–Crippen LogP) is 2.19. The Balaban J connectivity index is 2.02. The van der Waals surface area contributed by atoms with Crippen molar-refractivity contribution >= 4 is 24.1 Å². The second-order valence-corrected chi connectivity index (χ2v) is 4.46. The molecule has 6 nitrogen and oxygen atoms in total. The molecular formula is C13H13N3O3S. The zero-order valence-corrected chi connectivity index (χ0v) is 11.6. The first-order valence-electron chi connectivity index (χ1n) is 5.84. The largest absolute Gasteiger partial charge is 0.444 e. The van der Waals surface area contributed by atoms with Crippen molar-refractivity contribution < 1.29 is 9.53 Å². The third-order valence-electron chi connectivity index (χ3n) is 2.61. The van der Waals surface area contributed by atoms with E-state index < -0.39 is 6.09 Å². The highest BCUT2D eigenvalue weighted by Crippen LogP contribution is 2.05. The van der Waals surface area contributed by atoms with Crippen molar-refractivity contribution in [2.45, 2.75) is 6.61 Å². The molecule has 1 aromatic carbocycles. The summed E-state index contributed by atoms with van der Waals surface area (Å²) < 4.78 is 6.75. The molecule has 2 rings (SSSR count). The Kier molecular flexibility index (Phi) is 4.31. The average molecular weight is 291 g/mol. The Bertz CT molecular complexity index is 722. The number of aromatic nitrogens is 2. The van der Waals surface area contributed by atoms with Crippen LogP contribution in [0.4, 0.5) is 10.6 Å². The van der Waals surface area contributed by atoms with Gasteiger partial charge in [-0.15, -0.1) is 0 Å². The summed E-state index contributed by atoms with van der Waals surface area (Å²) in [5, 5.41) is 2.48. The highest BCUT2D eigenvalue weighted by molar-refractivity contribution is 7.71. The van der Waals surface area contributed by atoms with E-state index in [1.165, 1.54) is 10.6 Å².